The van der Waals surface area contributed by atoms with Crippen LogP contribution < -0.4 is 5.73 Å². The number of rotatable bonds is 3. The molecule has 0 spiro atoms. The number of hydrogen-bond acceptors (Lipinski definition) is 5. The van der Waals surface area contributed by atoms with Gasteiger partial charge >= 0.3 is 6.18 Å². The Labute approximate surface area is 116 Å². The fourth-order valence-electron chi connectivity index (χ4n) is 1.55. The Kier molecular flexibility index (Phi) is 3.27. The Morgan fingerprint density at radius 3 is 2.52 bits per heavy atom. The van der Waals surface area contributed by atoms with Crippen LogP contribution in [0.2, 0.25) is 0 Å². The summed E-state index contributed by atoms with van der Waals surface area (Å²) in [7, 11) is 1.34. The fourth-order valence-corrected chi connectivity index (χ4v) is 1.55. The van der Waals surface area contributed by atoms with Gasteiger partial charge in [-0.05, 0) is 13.8 Å². The summed E-state index contributed by atoms with van der Waals surface area (Å²) >= 11 is 0. The third-order valence-corrected chi connectivity index (χ3v) is 2.91. The van der Waals surface area contributed by atoms with Crippen LogP contribution in [0.1, 0.15) is 25.4 Å². The van der Waals surface area contributed by atoms with Gasteiger partial charge in [0, 0.05) is 13.2 Å². The molecular formula is C11H12F3N5O2. The van der Waals surface area contributed by atoms with Crippen LogP contribution in [0.3, 0.4) is 0 Å². The van der Waals surface area contributed by atoms with Gasteiger partial charge in [-0.1, -0.05) is 5.16 Å². The van der Waals surface area contributed by atoms with Gasteiger partial charge in [-0.15, -0.1) is 0 Å². The minimum absolute atomic E-state index is 0.165. The van der Waals surface area contributed by atoms with Crippen molar-refractivity contribution in [3.05, 3.63) is 17.8 Å². The van der Waals surface area contributed by atoms with Crippen molar-refractivity contribution in [3.8, 4) is 11.4 Å². The molecule has 2 aromatic heterocycles. The van der Waals surface area contributed by atoms with E-state index < -0.39 is 23.2 Å². The molecule has 0 bridgehead atoms. The van der Waals surface area contributed by atoms with E-state index in [1.165, 1.54) is 20.9 Å². The maximum absolute atomic E-state index is 12.9. The number of hydrogen-bond donors (Lipinski definition) is 1. The molecular weight excluding hydrogens is 291 g/mol. The maximum atomic E-state index is 12.9. The van der Waals surface area contributed by atoms with Crippen LogP contribution in [0.5, 0.6) is 0 Å². The van der Waals surface area contributed by atoms with Crippen molar-refractivity contribution >= 4 is 5.91 Å². The Balaban J connectivity index is 2.51. The first-order valence-electron chi connectivity index (χ1n) is 5.78. The zero-order valence-electron chi connectivity index (χ0n) is 11.4. The summed E-state index contributed by atoms with van der Waals surface area (Å²) in [6, 6.07) is 0. The highest BCUT2D eigenvalue weighted by Gasteiger charge is 2.40. The van der Waals surface area contributed by atoms with E-state index in [9.17, 15) is 18.0 Å². The van der Waals surface area contributed by atoms with Gasteiger partial charge in [-0.25, -0.2) is 0 Å². The second-order valence-electron chi connectivity index (χ2n) is 4.98. The Morgan fingerprint density at radius 1 is 1.38 bits per heavy atom. The minimum Gasteiger partial charge on any atom is -0.369 e. The van der Waals surface area contributed by atoms with Crippen molar-refractivity contribution < 1.29 is 22.5 Å². The zero-order valence-corrected chi connectivity index (χ0v) is 11.4. The SMILES string of the molecule is Cn1cc(-c2noc(C(C)(C)C(N)=O)n2)c(C(F)(F)F)n1. The van der Waals surface area contributed by atoms with E-state index in [1.807, 2.05) is 0 Å². The van der Waals surface area contributed by atoms with Crippen LogP contribution in [-0.2, 0) is 23.4 Å². The lowest BCUT2D eigenvalue weighted by molar-refractivity contribution is -0.141. The number of alkyl halides is 3. The summed E-state index contributed by atoms with van der Waals surface area (Å²) < 4.78 is 44.5. The highest BCUT2D eigenvalue weighted by molar-refractivity contribution is 5.84. The van der Waals surface area contributed by atoms with Gasteiger partial charge in [0.1, 0.15) is 5.41 Å². The average Bonchev–Trinajstić information content (AvgIpc) is 2.93. The van der Waals surface area contributed by atoms with Crippen molar-refractivity contribution in [2.24, 2.45) is 12.8 Å². The molecule has 0 aliphatic heterocycles. The molecule has 0 saturated carbocycles. The van der Waals surface area contributed by atoms with Gasteiger partial charge in [0.15, 0.2) is 5.69 Å². The molecule has 0 unspecified atom stereocenters. The first-order valence-corrected chi connectivity index (χ1v) is 5.78. The molecule has 0 radical (unpaired) electrons. The second-order valence-corrected chi connectivity index (χ2v) is 4.98. The monoisotopic (exact) mass is 303 g/mol. The lowest BCUT2D eigenvalue weighted by Gasteiger charge is -2.13. The first-order chi connectivity index (χ1) is 9.53. The van der Waals surface area contributed by atoms with Crippen molar-refractivity contribution in [3.63, 3.8) is 0 Å². The molecule has 7 nitrogen and oxygen atoms in total. The molecule has 10 heteroatoms. The summed E-state index contributed by atoms with van der Waals surface area (Å²) in [5, 5.41) is 6.82. The summed E-state index contributed by atoms with van der Waals surface area (Å²) in [6.07, 6.45) is -3.54. The number of primary amides is 1. The van der Waals surface area contributed by atoms with E-state index in [0.29, 0.717) is 0 Å². The molecule has 21 heavy (non-hydrogen) atoms. The van der Waals surface area contributed by atoms with Crippen molar-refractivity contribution in [2.45, 2.75) is 25.4 Å². The molecule has 2 N–H and O–H groups in total. The number of nitrogens with zero attached hydrogens (tertiary/aromatic N) is 4. The molecule has 0 fully saturated rings. The van der Waals surface area contributed by atoms with Crippen LogP contribution in [0, 0.1) is 0 Å². The third-order valence-electron chi connectivity index (χ3n) is 2.91. The van der Waals surface area contributed by atoms with Crippen LogP contribution in [0.4, 0.5) is 13.2 Å². The molecule has 0 saturated heterocycles. The molecule has 2 rings (SSSR count). The molecule has 0 atom stereocenters. The van der Waals surface area contributed by atoms with Gasteiger partial charge in [0.25, 0.3) is 0 Å². The molecule has 0 aromatic carbocycles. The van der Waals surface area contributed by atoms with Gasteiger partial charge in [-0.2, -0.15) is 23.3 Å². The maximum Gasteiger partial charge on any atom is 0.435 e. The highest BCUT2D eigenvalue weighted by Crippen LogP contribution is 2.35. The van der Waals surface area contributed by atoms with Crippen molar-refractivity contribution in [1.82, 2.24) is 19.9 Å². The largest absolute Gasteiger partial charge is 0.435 e. The second kappa shape index (κ2) is 4.57. The standard InChI is InChI=1S/C11H12F3N5O2/c1-10(2,8(15)20)9-16-7(18-21-9)5-4-19(3)17-6(5)11(12,13)14/h4H,1-3H3,(H2,15,20). The lowest BCUT2D eigenvalue weighted by atomic mass is 9.93. The Morgan fingerprint density at radius 2 is 2.00 bits per heavy atom. The third kappa shape index (κ3) is 2.60. The summed E-state index contributed by atoms with van der Waals surface area (Å²) in [5.41, 5.74) is 2.44. The summed E-state index contributed by atoms with van der Waals surface area (Å²) in [5.74, 6) is -1.21. The van der Waals surface area contributed by atoms with Crippen LogP contribution in [0.25, 0.3) is 11.4 Å². The molecule has 2 aromatic rings. The quantitative estimate of drug-likeness (QED) is 0.919. The van der Waals surface area contributed by atoms with Gasteiger partial charge in [0.05, 0.1) is 5.56 Å². The molecule has 0 aliphatic rings. The normalized spacial score (nSPS) is 12.7. The topological polar surface area (TPSA) is 99.8 Å². The van der Waals surface area contributed by atoms with Gasteiger partial charge < -0.3 is 10.3 Å². The van der Waals surface area contributed by atoms with E-state index >= 15 is 0 Å². The highest BCUT2D eigenvalue weighted by atomic mass is 19.4. The predicted octanol–water partition coefficient (Wildman–Crippen LogP) is 1.25. The van der Waals surface area contributed by atoms with E-state index in [-0.39, 0.29) is 17.3 Å². The van der Waals surface area contributed by atoms with Crippen LogP contribution in [0.15, 0.2) is 10.7 Å². The van der Waals surface area contributed by atoms with Crippen molar-refractivity contribution in [1.29, 1.82) is 0 Å². The predicted molar refractivity (Wildman–Crippen MR) is 63.7 cm³/mol. The molecule has 0 aliphatic carbocycles. The van der Waals surface area contributed by atoms with Crippen molar-refractivity contribution in [2.75, 3.05) is 0 Å². The lowest BCUT2D eigenvalue weighted by Crippen LogP contribution is -2.35. The average molecular weight is 303 g/mol. The Bertz CT molecular complexity index is 686. The Hall–Kier alpha value is -2.39. The van der Waals surface area contributed by atoms with E-state index in [0.717, 1.165) is 10.9 Å². The van der Waals surface area contributed by atoms with Gasteiger partial charge in [0.2, 0.25) is 17.6 Å². The van der Waals surface area contributed by atoms with E-state index in [1.54, 1.807) is 0 Å². The summed E-state index contributed by atoms with van der Waals surface area (Å²) in [4.78, 5) is 15.1. The van der Waals surface area contributed by atoms with Gasteiger partial charge in [-0.3, -0.25) is 9.48 Å². The number of nitrogens with two attached hydrogens (primary N) is 1. The van der Waals surface area contributed by atoms with E-state index in [4.69, 9.17) is 10.3 Å². The number of amides is 1. The molecule has 114 valence electrons. The minimum atomic E-state index is -4.66. The molecule has 2 heterocycles. The number of carbonyl (C=O) groups is 1. The summed E-state index contributed by atoms with van der Waals surface area (Å²) in [6.45, 7) is 2.86. The van der Waals surface area contributed by atoms with E-state index in [2.05, 4.69) is 15.2 Å². The van der Waals surface area contributed by atoms with Crippen LogP contribution >= 0.6 is 0 Å². The number of aryl methyl sites for hydroxylation is 1. The first kappa shape index (κ1) is 15.0. The fraction of sp³-hybridized carbons (Fsp3) is 0.455. The number of carbonyl (C=O) groups excluding carboxylic acids is 1. The number of aromatic nitrogens is 4. The molecule has 1 amide bonds. The smallest absolute Gasteiger partial charge is 0.369 e. The number of halogens is 3. The van der Waals surface area contributed by atoms with Crippen LogP contribution in [-0.4, -0.2) is 25.8 Å². The zero-order chi connectivity index (χ0) is 16.0.